The number of fused-ring (bicyclic) bond motifs is 1. The zero-order chi connectivity index (χ0) is 27.4. The maximum Gasteiger partial charge on any atom is 0.413 e. The van der Waals surface area contributed by atoms with Crippen LogP contribution in [0.5, 0.6) is 11.6 Å². The Hall–Kier alpha value is -4.74. The molecule has 0 aliphatic rings. The number of nitrogens with one attached hydrogen (secondary N) is 1. The van der Waals surface area contributed by atoms with Crippen LogP contribution in [0, 0.1) is 5.82 Å². The van der Waals surface area contributed by atoms with Gasteiger partial charge in [-0.25, -0.2) is 28.6 Å². The lowest BCUT2D eigenvalue weighted by Gasteiger charge is -2.22. The highest BCUT2D eigenvalue weighted by Crippen LogP contribution is 2.33. The zero-order valence-corrected chi connectivity index (χ0v) is 21.1. The van der Waals surface area contributed by atoms with Crippen molar-refractivity contribution in [2.75, 3.05) is 11.9 Å². The van der Waals surface area contributed by atoms with Gasteiger partial charge in [-0.3, -0.25) is 5.32 Å². The van der Waals surface area contributed by atoms with Crippen molar-refractivity contribution < 1.29 is 33.3 Å². The number of aromatic nitrogens is 4. The minimum Gasteiger partial charge on any atom is -0.480 e. The van der Waals surface area contributed by atoms with E-state index in [0.717, 1.165) is 0 Å². The summed E-state index contributed by atoms with van der Waals surface area (Å²) in [4.78, 5) is 32.4. The third kappa shape index (κ3) is 6.52. The Balaban J connectivity index is 1.73. The van der Waals surface area contributed by atoms with Crippen LogP contribution in [0.4, 0.5) is 15.0 Å². The number of aliphatic carboxylic acids is 1. The molecule has 0 aliphatic carbocycles. The van der Waals surface area contributed by atoms with Crippen LogP contribution in [0.25, 0.3) is 16.6 Å². The lowest BCUT2D eigenvalue weighted by atomic mass is 10.2. The second-order valence-corrected chi connectivity index (χ2v) is 9.25. The molecule has 2 N–H and O–H groups in total. The summed E-state index contributed by atoms with van der Waals surface area (Å²) >= 11 is 0. The number of halogens is 1. The van der Waals surface area contributed by atoms with Crippen molar-refractivity contribution in [1.82, 2.24) is 19.7 Å². The smallest absolute Gasteiger partial charge is 0.413 e. The first-order valence-electron chi connectivity index (χ1n) is 11.6. The quantitative estimate of drug-likeness (QED) is 0.330. The molecule has 11 nitrogen and oxygen atoms in total. The molecule has 1 amide bonds. The van der Waals surface area contributed by atoms with Crippen molar-refractivity contribution in [2.24, 2.45) is 0 Å². The van der Waals surface area contributed by atoms with E-state index in [-0.39, 0.29) is 17.4 Å². The molecule has 38 heavy (non-hydrogen) atoms. The molecule has 4 rings (SSSR count). The summed E-state index contributed by atoms with van der Waals surface area (Å²) in [6.45, 7) is 6.30. The summed E-state index contributed by atoms with van der Waals surface area (Å²) in [6, 6.07) is 10.5. The van der Waals surface area contributed by atoms with Gasteiger partial charge in [-0.2, -0.15) is 5.10 Å². The van der Waals surface area contributed by atoms with Crippen LogP contribution in [0.2, 0.25) is 0 Å². The maximum atomic E-state index is 13.9. The molecule has 0 radical (unpaired) electrons. The number of benzene rings is 1. The predicted molar refractivity (Wildman–Crippen MR) is 135 cm³/mol. The van der Waals surface area contributed by atoms with Crippen LogP contribution in [0.3, 0.4) is 0 Å². The third-order valence-corrected chi connectivity index (χ3v) is 5.02. The van der Waals surface area contributed by atoms with Gasteiger partial charge in [0.2, 0.25) is 5.88 Å². The Labute approximate surface area is 217 Å². The van der Waals surface area contributed by atoms with Crippen LogP contribution >= 0.6 is 0 Å². The molecule has 1 atom stereocenters. The van der Waals surface area contributed by atoms with Crippen LogP contribution < -0.4 is 14.8 Å². The van der Waals surface area contributed by atoms with E-state index >= 15 is 0 Å². The van der Waals surface area contributed by atoms with Crippen LogP contribution in [-0.2, 0) is 9.53 Å². The van der Waals surface area contributed by atoms with Gasteiger partial charge >= 0.3 is 12.1 Å². The highest BCUT2D eigenvalue weighted by molar-refractivity contribution is 5.90. The molecule has 0 saturated carbocycles. The maximum absolute atomic E-state index is 13.9. The first kappa shape index (κ1) is 26.3. The molecule has 3 aromatic heterocycles. The van der Waals surface area contributed by atoms with Crippen LogP contribution in [0.15, 0.2) is 54.9 Å². The van der Waals surface area contributed by atoms with Crippen molar-refractivity contribution in [3.05, 3.63) is 66.4 Å². The number of carbonyl (C=O) groups is 2. The van der Waals surface area contributed by atoms with Crippen LogP contribution in [0.1, 0.15) is 39.5 Å². The second-order valence-electron chi connectivity index (χ2n) is 9.25. The minimum absolute atomic E-state index is 0.0594. The van der Waals surface area contributed by atoms with E-state index in [2.05, 4.69) is 20.4 Å². The van der Waals surface area contributed by atoms with Gasteiger partial charge in [-0.1, -0.05) is 0 Å². The van der Waals surface area contributed by atoms with Gasteiger partial charge < -0.3 is 19.3 Å². The van der Waals surface area contributed by atoms with E-state index in [1.165, 1.54) is 24.3 Å². The van der Waals surface area contributed by atoms with E-state index in [1.54, 1.807) is 63.0 Å². The van der Waals surface area contributed by atoms with Gasteiger partial charge in [0.25, 0.3) is 0 Å². The minimum atomic E-state index is -1.15. The van der Waals surface area contributed by atoms with Gasteiger partial charge in [0, 0.05) is 23.8 Å². The van der Waals surface area contributed by atoms with Gasteiger partial charge in [-0.15, -0.1) is 0 Å². The predicted octanol–water partition coefficient (Wildman–Crippen LogP) is 4.91. The highest BCUT2D eigenvalue weighted by atomic mass is 19.1. The number of hydrogen-bond acceptors (Lipinski definition) is 8. The number of amides is 1. The first-order valence-corrected chi connectivity index (χ1v) is 11.6. The fourth-order valence-corrected chi connectivity index (χ4v) is 3.52. The van der Waals surface area contributed by atoms with Gasteiger partial charge in [0.15, 0.2) is 18.2 Å². The number of hydrogen-bond donors (Lipinski definition) is 2. The van der Waals surface area contributed by atoms with Gasteiger partial charge in [-0.05, 0) is 64.1 Å². The Morgan fingerprint density at radius 1 is 1.16 bits per heavy atom. The summed E-state index contributed by atoms with van der Waals surface area (Å²) < 4.78 is 32.3. The van der Waals surface area contributed by atoms with Crippen molar-refractivity contribution in [3.63, 3.8) is 0 Å². The summed E-state index contributed by atoms with van der Waals surface area (Å²) in [5.74, 6) is -1.35. The Bertz CT molecular complexity index is 1470. The molecule has 0 bridgehead atoms. The van der Waals surface area contributed by atoms with Crippen molar-refractivity contribution in [3.8, 4) is 17.3 Å². The summed E-state index contributed by atoms with van der Waals surface area (Å²) in [6.07, 6.45) is 1.77. The van der Waals surface area contributed by atoms with Gasteiger partial charge in [0.05, 0.1) is 11.2 Å². The monoisotopic (exact) mass is 523 g/mol. The third-order valence-electron chi connectivity index (χ3n) is 5.02. The molecule has 12 heteroatoms. The van der Waals surface area contributed by atoms with E-state index in [0.29, 0.717) is 22.3 Å². The zero-order valence-electron chi connectivity index (χ0n) is 21.1. The highest BCUT2D eigenvalue weighted by Gasteiger charge is 2.23. The molecule has 3 heterocycles. The average Bonchev–Trinajstić information content (AvgIpc) is 3.36. The molecule has 0 spiro atoms. The molecule has 0 aliphatic heterocycles. The van der Waals surface area contributed by atoms with E-state index in [9.17, 15) is 14.0 Å². The normalized spacial score (nSPS) is 12.1. The summed E-state index contributed by atoms with van der Waals surface area (Å²) in [7, 11) is 0. The summed E-state index contributed by atoms with van der Waals surface area (Å²) in [5, 5.41) is 16.2. The van der Waals surface area contributed by atoms with Gasteiger partial charge in [0.1, 0.15) is 23.2 Å². The number of nitrogens with zero attached hydrogens (tertiary/aromatic N) is 4. The number of carbonyl (C=O) groups excluding carboxylic acids is 1. The number of carboxylic acid groups (broad SMARTS) is 1. The molecular formula is C26H26FN5O6. The molecule has 0 unspecified atom stereocenters. The van der Waals surface area contributed by atoms with E-state index in [1.807, 2.05) is 0 Å². The van der Waals surface area contributed by atoms with Crippen molar-refractivity contribution >= 4 is 28.8 Å². The van der Waals surface area contributed by atoms with Crippen molar-refractivity contribution in [2.45, 2.75) is 39.4 Å². The molecule has 1 aromatic carbocycles. The number of ether oxygens (including phenoxy) is 3. The number of anilines is 1. The lowest BCUT2D eigenvalue weighted by molar-refractivity contribution is -0.139. The Morgan fingerprint density at radius 2 is 1.95 bits per heavy atom. The topological polar surface area (TPSA) is 138 Å². The first-order chi connectivity index (χ1) is 18.0. The number of pyridine rings is 2. The summed E-state index contributed by atoms with van der Waals surface area (Å²) in [5.41, 5.74) is 0.583. The van der Waals surface area contributed by atoms with E-state index < -0.39 is 36.2 Å². The fourth-order valence-electron chi connectivity index (χ4n) is 3.52. The molecule has 4 aromatic rings. The van der Waals surface area contributed by atoms with Crippen LogP contribution in [-0.4, -0.2) is 49.1 Å². The molecule has 0 saturated heterocycles. The second kappa shape index (κ2) is 10.7. The number of rotatable bonds is 8. The fraction of sp³-hybridized carbons (Fsp3) is 0.269. The van der Waals surface area contributed by atoms with E-state index in [4.69, 9.17) is 19.3 Å². The Morgan fingerprint density at radius 3 is 2.63 bits per heavy atom. The van der Waals surface area contributed by atoms with Crippen molar-refractivity contribution in [1.29, 1.82) is 0 Å². The molecule has 0 fully saturated rings. The Kier molecular flexibility index (Phi) is 7.42. The lowest BCUT2D eigenvalue weighted by Crippen LogP contribution is -2.27. The largest absolute Gasteiger partial charge is 0.480 e. The average molecular weight is 524 g/mol. The molecular weight excluding hydrogens is 497 g/mol. The SMILES string of the molecule is C[C@H](Oc1cc2cc(F)ccc2nc1NC(=O)OC(C)(C)C)c1nc(OCC(=O)O)ccc1-n1cccn1. The number of carboxylic acids is 1. The molecule has 198 valence electrons. The standard InChI is InChI=1S/C26H26FN5O6/c1-15(23-19(32-11-5-10-28-32)8-9-21(30-23)36-14-22(33)34)37-20-13-16-12-17(27)6-7-18(16)29-24(20)31-25(35)38-26(2,3)4/h5-13,15H,14H2,1-4H3,(H,33,34)(H,29,31,35)/t15-/m0/s1.